The second-order valence-corrected chi connectivity index (χ2v) is 12.0. The molecule has 224 valence electrons. The third kappa shape index (κ3) is 7.11. The zero-order chi connectivity index (χ0) is 29.7. The first-order valence-electron chi connectivity index (χ1n) is 13.6. The molecule has 1 saturated carbocycles. The molecule has 0 bridgehead atoms. The number of carbonyl (C=O) groups excluding carboxylic acids is 4. The largest absolute Gasteiger partial charge is 0.511 e. The predicted molar refractivity (Wildman–Crippen MR) is 150 cm³/mol. The number of amides is 2. The molecule has 3 aliphatic rings. The van der Waals surface area contributed by atoms with Crippen molar-refractivity contribution < 1.29 is 43.6 Å². The van der Waals surface area contributed by atoms with Crippen LogP contribution >= 0.6 is 23.1 Å². The van der Waals surface area contributed by atoms with E-state index in [9.17, 15) is 24.3 Å². The number of rotatable bonds is 11. The molecule has 0 radical (unpaired) electrons. The predicted octanol–water partition coefficient (Wildman–Crippen LogP) is 3.01. The number of nitrogens with one attached hydrogen (secondary N) is 1. The van der Waals surface area contributed by atoms with Crippen LogP contribution in [0.25, 0.3) is 6.08 Å². The number of fused-ring (bicyclic) bond motifs is 1. The lowest BCUT2D eigenvalue weighted by Gasteiger charge is -2.46. The highest BCUT2D eigenvalue weighted by atomic mass is 32.2. The van der Waals surface area contributed by atoms with Crippen LogP contribution in [-0.4, -0.2) is 81.7 Å². The Labute approximate surface area is 246 Å². The molecule has 4 rings (SSSR count). The number of thiazole rings is 1. The number of aliphatic hydroxyl groups is 2. The Morgan fingerprint density at radius 3 is 2.66 bits per heavy atom. The Balaban J connectivity index is 1.45. The highest BCUT2D eigenvalue weighted by molar-refractivity contribution is 8.06. The molecule has 0 spiro atoms. The summed E-state index contributed by atoms with van der Waals surface area (Å²) in [5.74, 6) is -2.55. The number of thioether (sulfide) groups is 1. The third-order valence-corrected chi connectivity index (χ3v) is 9.11. The molecule has 12 nitrogen and oxygen atoms in total. The fraction of sp³-hybridized carbons (Fsp3) is 0.593. The van der Waals surface area contributed by atoms with E-state index in [1.165, 1.54) is 34.9 Å². The summed E-state index contributed by atoms with van der Waals surface area (Å²) in [5, 5.41) is 25.4. The van der Waals surface area contributed by atoms with Crippen LogP contribution in [0.5, 0.6) is 0 Å². The number of hydrogen-bond acceptors (Lipinski definition) is 12. The second-order valence-electron chi connectivity index (χ2n) is 10.2. The molecular weight excluding hydrogens is 574 g/mol. The molecular formula is C27H35N3O9S2. The zero-order valence-corrected chi connectivity index (χ0v) is 24.7. The number of β-lactam (4-membered cyclic amide) rings is 1. The van der Waals surface area contributed by atoms with Gasteiger partial charge in [0.25, 0.3) is 5.91 Å². The van der Waals surface area contributed by atoms with Crippen LogP contribution in [0.2, 0.25) is 0 Å². The van der Waals surface area contributed by atoms with Crippen molar-refractivity contribution in [3.8, 4) is 0 Å². The molecule has 3 N–H and O–H groups in total. The Kier molecular flexibility index (Phi) is 10.4. The summed E-state index contributed by atoms with van der Waals surface area (Å²) in [6.07, 6.45) is 2.99. The summed E-state index contributed by atoms with van der Waals surface area (Å²) in [5.41, 5.74) is 0.259. The van der Waals surface area contributed by atoms with Crippen LogP contribution in [-0.2, 0) is 23.8 Å². The van der Waals surface area contributed by atoms with Crippen molar-refractivity contribution in [3.63, 3.8) is 0 Å². The summed E-state index contributed by atoms with van der Waals surface area (Å²) in [6, 6.07) is -0.421. The van der Waals surface area contributed by atoms with Crippen LogP contribution in [0.15, 0.2) is 21.4 Å². The van der Waals surface area contributed by atoms with E-state index in [-0.39, 0.29) is 42.5 Å². The lowest BCUT2D eigenvalue weighted by atomic mass is 9.79. The average molecular weight is 610 g/mol. The topological polar surface area (TPSA) is 165 Å². The van der Waals surface area contributed by atoms with Crippen LogP contribution in [0.4, 0.5) is 4.79 Å². The Hall–Kier alpha value is -2.94. The summed E-state index contributed by atoms with van der Waals surface area (Å²) < 4.78 is 15.9. The van der Waals surface area contributed by atoms with E-state index in [0.29, 0.717) is 9.91 Å². The van der Waals surface area contributed by atoms with Gasteiger partial charge in [-0.1, -0.05) is 25.1 Å². The van der Waals surface area contributed by atoms with Gasteiger partial charge in [0, 0.05) is 29.7 Å². The van der Waals surface area contributed by atoms with Gasteiger partial charge in [0.15, 0.2) is 0 Å². The van der Waals surface area contributed by atoms with Crippen molar-refractivity contribution in [3.05, 3.63) is 32.1 Å². The SMILES string of the molecule is CC(OC(=O)OC1CCCCC1)OC(=O)C1=C(SC=Cc2nc(C(=O)NCCO)cs2)[C@H](C)[C@@H]2[C@@H]([C@@H](C)O)C(=O)N12. The summed E-state index contributed by atoms with van der Waals surface area (Å²) in [4.78, 5) is 56.7. The van der Waals surface area contributed by atoms with Gasteiger partial charge in [-0.15, -0.1) is 11.3 Å². The van der Waals surface area contributed by atoms with Gasteiger partial charge in [-0.3, -0.25) is 9.59 Å². The molecule has 2 fully saturated rings. The van der Waals surface area contributed by atoms with Gasteiger partial charge in [0.1, 0.15) is 22.5 Å². The average Bonchev–Trinajstić information content (AvgIpc) is 3.49. The van der Waals surface area contributed by atoms with Gasteiger partial charge in [-0.05, 0) is 44.1 Å². The molecule has 1 saturated heterocycles. The van der Waals surface area contributed by atoms with Gasteiger partial charge in [0.2, 0.25) is 12.2 Å². The molecule has 1 aromatic rings. The van der Waals surface area contributed by atoms with E-state index >= 15 is 0 Å². The van der Waals surface area contributed by atoms with Gasteiger partial charge >= 0.3 is 12.1 Å². The fourth-order valence-corrected chi connectivity index (χ4v) is 7.04. The van der Waals surface area contributed by atoms with Gasteiger partial charge in [-0.2, -0.15) is 0 Å². The summed E-state index contributed by atoms with van der Waals surface area (Å²) in [7, 11) is 0. The van der Waals surface area contributed by atoms with Crippen molar-refractivity contribution >= 4 is 53.1 Å². The molecule has 3 heterocycles. The van der Waals surface area contributed by atoms with Crippen molar-refractivity contribution in [2.75, 3.05) is 13.2 Å². The van der Waals surface area contributed by atoms with Crippen LogP contribution in [0.1, 0.15) is 68.4 Å². The second kappa shape index (κ2) is 13.8. The van der Waals surface area contributed by atoms with E-state index in [1.54, 1.807) is 23.8 Å². The van der Waals surface area contributed by atoms with Crippen molar-refractivity contribution in [2.45, 2.75) is 77.4 Å². The minimum absolute atomic E-state index is 0.0401. The van der Waals surface area contributed by atoms with Crippen LogP contribution < -0.4 is 5.32 Å². The van der Waals surface area contributed by atoms with E-state index in [2.05, 4.69) is 10.3 Å². The molecule has 2 aliphatic heterocycles. The summed E-state index contributed by atoms with van der Waals surface area (Å²) in [6.45, 7) is 4.75. The molecule has 5 atom stereocenters. The number of aliphatic hydroxyl groups excluding tert-OH is 2. The Bertz CT molecular complexity index is 1210. The van der Waals surface area contributed by atoms with Crippen LogP contribution in [0.3, 0.4) is 0 Å². The standard InChI is InChI=1S/C27H35N3O9S2/c1-14-21-20(15(2)32)25(34)30(21)22(26(35)37-16(3)38-27(36)39-17-7-5-4-6-8-17)23(14)40-12-9-19-29-18(13-41-19)24(33)28-10-11-31/h9,12-17,20-21,31-32H,4-8,10-11H2,1-3H3,(H,28,33)/t14-,15-,16?,20-,21-/m1/s1. The number of hydrogen-bond donors (Lipinski definition) is 3. The quantitative estimate of drug-likeness (QED) is 0.192. The maximum atomic E-state index is 13.3. The summed E-state index contributed by atoms with van der Waals surface area (Å²) >= 11 is 2.45. The lowest BCUT2D eigenvalue weighted by Crippen LogP contribution is -2.63. The Morgan fingerprint density at radius 1 is 1.24 bits per heavy atom. The number of ether oxygens (including phenoxy) is 3. The normalized spacial score (nSPS) is 24.1. The number of carbonyl (C=O) groups is 4. The van der Waals surface area contributed by atoms with E-state index in [1.807, 2.05) is 6.92 Å². The molecule has 14 heteroatoms. The number of nitrogens with zero attached hydrogens (tertiary/aromatic N) is 2. The van der Waals surface area contributed by atoms with E-state index in [0.717, 1.165) is 32.1 Å². The van der Waals surface area contributed by atoms with Crippen molar-refractivity contribution in [1.82, 2.24) is 15.2 Å². The minimum Gasteiger partial charge on any atom is -0.431 e. The first-order valence-corrected chi connectivity index (χ1v) is 15.4. The molecule has 1 unspecified atom stereocenters. The molecule has 2 amide bonds. The lowest BCUT2D eigenvalue weighted by molar-refractivity contribution is -0.174. The maximum Gasteiger partial charge on any atom is 0.511 e. The highest BCUT2D eigenvalue weighted by Crippen LogP contribution is 2.51. The number of esters is 1. The molecule has 1 aromatic heterocycles. The Morgan fingerprint density at radius 2 is 1.98 bits per heavy atom. The highest BCUT2D eigenvalue weighted by Gasteiger charge is 2.60. The first kappa shape index (κ1) is 31.0. The third-order valence-electron chi connectivity index (χ3n) is 7.21. The van der Waals surface area contributed by atoms with Gasteiger partial charge in [-0.25, -0.2) is 14.6 Å². The minimum atomic E-state index is -1.25. The maximum absolute atomic E-state index is 13.3. The molecule has 1 aliphatic carbocycles. The smallest absolute Gasteiger partial charge is 0.431 e. The number of aromatic nitrogens is 1. The van der Waals surface area contributed by atoms with Gasteiger partial charge in [0.05, 0.1) is 24.7 Å². The molecule has 41 heavy (non-hydrogen) atoms. The van der Waals surface area contributed by atoms with Crippen LogP contribution in [0, 0.1) is 11.8 Å². The fourth-order valence-electron chi connectivity index (χ4n) is 5.28. The molecule has 0 aromatic carbocycles. The van der Waals surface area contributed by atoms with Crippen molar-refractivity contribution in [1.29, 1.82) is 0 Å². The first-order chi connectivity index (χ1) is 19.6. The van der Waals surface area contributed by atoms with Crippen molar-refractivity contribution in [2.24, 2.45) is 11.8 Å². The zero-order valence-electron chi connectivity index (χ0n) is 23.1. The van der Waals surface area contributed by atoms with E-state index < -0.39 is 42.4 Å². The monoisotopic (exact) mass is 609 g/mol. The van der Waals surface area contributed by atoms with Gasteiger partial charge < -0.3 is 34.6 Å². The van der Waals surface area contributed by atoms with E-state index in [4.69, 9.17) is 19.3 Å².